The summed E-state index contributed by atoms with van der Waals surface area (Å²) in [6, 6.07) is 21.3. The van der Waals surface area contributed by atoms with Crippen LogP contribution in [-0.2, 0) is 16.8 Å². The summed E-state index contributed by atoms with van der Waals surface area (Å²) >= 11 is 0. The van der Waals surface area contributed by atoms with Crippen LogP contribution >= 0.6 is 0 Å². The molecule has 1 aliphatic rings. The standard InChI is InChI=1S/C35H37N7O2/c1-23-9-10-26(21-37-23)42-32(20-31(40-42)35(2,3)4)39-34(44)38-30-12-11-27(28-7-5-6-8-29(28)30)25-15-18-41(33(43)19-25)22-24-13-16-36-17-14-24/h5-14,16-17,20-21,25H,15,18-19,22H2,1-4H3,(H2,38,39,44). The molecule has 1 fully saturated rings. The Morgan fingerprint density at radius 2 is 1.75 bits per heavy atom. The number of carbonyl (C=O) groups is 2. The molecule has 2 aromatic carbocycles. The number of amides is 3. The third-order valence-electron chi connectivity index (χ3n) is 8.15. The second-order valence-corrected chi connectivity index (χ2v) is 12.4. The molecule has 1 atom stereocenters. The van der Waals surface area contributed by atoms with E-state index in [9.17, 15) is 9.59 Å². The van der Waals surface area contributed by atoms with Crippen molar-refractivity contribution in [1.29, 1.82) is 0 Å². The SMILES string of the molecule is Cc1ccc(-n2nc(C(C)(C)C)cc2NC(=O)Nc2ccc(C3CCN(Cc4ccncc4)C(=O)C3)c3ccccc23)cn1. The lowest BCUT2D eigenvalue weighted by Gasteiger charge is -2.32. The molecular weight excluding hydrogens is 550 g/mol. The van der Waals surface area contributed by atoms with Crippen molar-refractivity contribution in [2.24, 2.45) is 0 Å². The van der Waals surface area contributed by atoms with E-state index in [1.165, 1.54) is 0 Å². The number of aromatic nitrogens is 4. The maximum Gasteiger partial charge on any atom is 0.324 e. The Labute approximate surface area is 257 Å². The fraction of sp³-hybridized carbons (Fsp3) is 0.286. The Morgan fingerprint density at radius 3 is 2.45 bits per heavy atom. The van der Waals surface area contributed by atoms with Crippen molar-refractivity contribution in [3.63, 3.8) is 0 Å². The molecule has 3 aromatic heterocycles. The molecule has 1 saturated heterocycles. The van der Waals surface area contributed by atoms with Crippen molar-refractivity contribution in [2.75, 3.05) is 17.2 Å². The first-order valence-corrected chi connectivity index (χ1v) is 15.0. The highest BCUT2D eigenvalue weighted by molar-refractivity contribution is 6.07. The molecule has 0 saturated carbocycles. The quantitative estimate of drug-likeness (QED) is 0.223. The number of benzene rings is 2. The molecule has 4 heterocycles. The van der Waals surface area contributed by atoms with E-state index in [2.05, 4.69) is 47.4 Å². The minimum Gasteiger partial charge on any atom is -0.338 e. The Kier molecular flexibility index (Phi) is 7.86. The molecule has 1 unspecified atom stereocenters. The summed E-state index contributed by atoms with van der Waals surface area (Å²) in [4.78, 5) is 37.0. The van der Waals surface area contributed by atoms with E-state index in [0.29, 0.717) is 31.0 Å². The van der Waals surface area contributed by atoms with Crippen molar-refractivity contribution < 1.29 is 9.59 Å². The van der Waals surface area contributed by atoms with Crippen molar-refractivity contribution in [2.45, 2.75) is 58.4 Å². The van der Waals surface area contributed by atoms with Crippen LogP contribution in [0.1, 0.15) is 62.0 Å². The number of pyridine rings is 2. The predicted molar refractivity (Wildman–Crippen MR) is 173 cm³/mol. The van der Waals surface area contributed by atoms with Gasteiger partial charge in [0.05, 0.1) is 23.3 Å². The highest BCUT2D eigenvalue weighted by Crippen LogP contribution is 2.37. The Hall–Kier alpha value is -5.05. The first-order valence-electron chi connectivity index (χ1n) is 15.0. The monoisotopic (exact) mass is 587 g/mol. The molecule has 5 aromatic rings. The molecule has 0 spiro atoms. The first kappa shape index (κ1) is 29.0. The van der Waals surface area contributed by atoms with E-state index in [1.807, 2.05) is 72.5 Å². The van der Waals surface area contributed by atoms with Gasteiger partial charge in [-0.05, 0) is 66.1 Å². The van der Waals surface area contributed by atoms with Crippen LogP contribution in [0.3, 0.4) is 0 Å². The zero-order valence-electron chi connectivity index (χ0n) is 25.5. The lowest BCUT2D eigenvalue weighted by molar-refractivity contribution is -0.134. The molecule has 9 heteroatoms. The Balaban J connectivity index is 1.21. The van der Waals surface area contributed by atoms with Gasteiger partial charge in [0.1, 0.15) is 5.82 Å². The van der Waals surface area contributed by atoms with Crippen LogP contribution in [0.2, 0.25) is 0 Å². The van der Waals surface area contributed by atoms with Crippen molar-refractivity contribution in [1.82, 2.24) is 24.6 Å². The summed E-state index contributed by atoms with van der Waals surface area (Å²) in [6.07, 6.45) is 6.60. The molecule has 224 valence electrons. The summed E-state index contributed by atoms with van der Waals surface area (Å²) in [7, 11) is 0. The molecule has 3 amide bonds. The Bertz CT molecular complexity index is 1810. The zero-order valence-corrected chi connectivity index (χ0v) is 25.5. The van der Waals surface area contributed by atoms with Crippen LogP contribution in [-0.4, -0.2) is 43.1 Å². The second kappa shape index (κ2) is 11.9. The summed E-state index contributed by atoms with van der Waals surface area (Å²) in [5, 5.41) is 12.8. The van der Waals surface area contributed by atoms with Gasteiger partial charge >= 0.3 is 6.03 Å². The summed E-state index contributed by atoms with van der Waals surface area (Å²) in [6.45, 7) is 9.49. The molecule has 9 nitrogen and oxygen atoms in total. The molecule has 2 N–H and O–H groups in total. The van der Waals surface area contributed by atoms with Gasteiger partial charge in [-0.25, -0.2) is 9.48 Å². The average Bonchev–Trinajstić information content (AvgIpc) is 3.43. The van der Waals surface area contributed by atoms with Crippen LogP contribution in [0.4, 0.5) is 16.3 Å². The number of fused-ring (bicyclic) bond motifs is 1. The maximum absolute atomic E-state index is 13.4. The number of likely N-dealkylation sites (tertiary alicyclic amines) is 1. The minimum atomic E-state index is -0.371. The van der Waals surface area contributed by atoms with Gasteiger partial charge < -0.3 is 10.2 Å². The molecule has 0 radical (unpaired) electrons. The van der Waals surface area contributed by atoms with Gasteiger partial charge in [0.2, 0.25) is 5.91 Å². The number of rotatable bonds is 6. The molecular formula is C35H37N7O2. The smallest absolute Gasteiger partial charge is 0.324 e. The number of carbonyl (C=O) groups excluding carboxylic acids is 2. The summed E-state index contributed by atoms with van der Waals surface area (Å²) < 4.78 is 1.71. The summed E-state index contributed by atoms with van der Waals surface area (Å²) in [5.41, 5.74) is 5.21. The predicted octanol–water partition coefficient (Wildman–Crippen LogP) is 6.97. The van der Waals surface area contributed by atoms with Crippen LogP contribution in [0, 0.1) is 6.92 Å². The average molecular weight is 588 g/mol. The first-order chi connectivity index (χ1) is 21.2. The molecule has 0 bridgehead atoms. The largest absolute Gasteiger partial charge is 0.338 e. The van der Waals surface area contributed by atoms with Gasteiger partial charge in [0.15, 0.2) is 0 Å². The number of hydrogen-bond donors (Lipinski definition) is 2. The normalized spacial score (nSPS) is 15.4. The number of nitrogens with one attached hydrogen (secondary N) is 2. The van der Waals surface area contributed by atoms with E-state index < -0.39 is 0 Å². The molecule has 6 rings (SSSR count). The van der Waals surface area contributed by atoms with Gasteiger partial charge in [-0.15, -0.1) is 0 Å². The van der Waals surface area contributed by atoms with Crippen LogP contribution < -0.4 is 10.6 Å². The zero-order chi connectivity index (χ0) is 30.8. The van der Waals surface area contributed by atoms with E-state index in [-0.39, 0.29) is 23.3 Å². The van der Waals surface area contributed by atoms with Crippen molar-refractivity contribution >= 4 is 34.2 Å². The molecule has 0 aliphatic carbocycles. The van der Waals surface area contributed by atoms with Crippen molar-refractivity contribution in [3.8, 4) is 5.69 Å². The number of urea groups is 1. The van der Waals surface area contributed by atoms with E-state index in [0.717, 1.165) is 45.4 Å². The number of piperidine rings is 1. The summed E-state index contributed by atoms with van der Waals surface area (Å²) in [5.74, 6) is 0.812. The molecule has 1 aliphatic heterocycles. The fourth-order valence-corrected chi connectivity index (χ4v) is 5.70. The number of aryl methyl sites for hydroxylation is 1. The van der Waals surface area contributed by atoms with E-state index in [4.69, 9.17) is 5.10 Å². The molecule has 44 heavy (non-hydrogen) atoms. The number of hydrogen-bond acceptors (Lipinski definition) is 5. The fourth-order valence-electron chi connectivity index (χ4n) is 5.70. The third kappa shape index (κ3) is 6.17. The highest BCUT2D eigenvalue weighted by atomic mass is 16.2. The lowest BCUT2D eigenvalue weighted by Crippen LogP contribution is -2.37. The van der Waals surface area contributed by atoms with E-state index >= 15 is 0 Å². The number of nitrogens with zero attached hydrogens (tertiary/aromatic N) is 5. The number of anilines is 2. The minimum absolute atomic E-state index is 0.109. The maximum atomic E-state index is 13.4. The van der Waals surface area contributed by atoms with Crippen molar-refractivity contribution in [3.05, 3.63) is 108 Å². The Morgan fingerprint density at radius 1 is 0.977 bits per heavy atom. The van der Waals surface area contributed by atoms with Gasteiger partial charge in [-0.3, -0.25) is 20.1 Å². The van der Waals surface area contributed by atoms with Gasteiger partial charge in [-0.1, -0.05) is 51.1 Å². The highest BCUT2D eigenvalue weighted by Gasteiger charge is 2.28. The van der Waals surface area contributed by atoms with Gasteiger partial charge in [-0.2, -0.15) is 5.10 Å². The van der Waals surface area contributed by atoms with E-state index in [1.54, 1.807) is 23.3 Å². The van der Waals surface area contributed by atoms with Gasteiger partial charge in [0, 0.05) is 54.5 Å². The van der Waals surface area contributed by atoms with Crippen LogP contribution in [0.25, 0.3) is 16.5 Å². The topological polar surface area (TPSA) is 105 Å². The van der Waals surface area contributed by atoms with Crippen LogP contribution in [0.5, 0.6) is 0 Å². The lowest BCUT2D eigenvalue weighted by atomic mass is 9.85. The third-order valence-corrected chi connectivity index (χ3v) is 8.15. The van der Waals surface area contributed by atoms with Crippen LogP contribution in [0.15, 0.2) is 85.3 Å². The van der Waals surface area contributed by atoms with Gasteiger partial charge in [0.25, 0.3) is 0 Å². The second-order valence-electron chi connectivity index (χ2n) is 12.4.